The molecule has 0 spiro atoms. The molecule has 2 rings (SSSR count). The fraction of sp³-hybridized carbons (Fsp3) is 0.450. The van der Waals surface area contributed by atoms with Crippen molar-refractivity contribution in [1.82, 2.24) is 9.55 Å². The summed E-state index contributed by atoms with van der Waals surface area (Å²) >= 11 is 9.24. The number of hydrogen-bond donors (Lipinski definition) is 1. The minimum Gasteiger partial charge on any atom is -0.459 e. The molecule has 0 saturated carbocycles. The molecule has 6 nitrogen and oxygen atoms in total. The maximum atomic E-state index is 12.6. The van der Waals surface area contributed by atoms with Crippen LogP contribution >= 0.6 is 27.5 Å². The van der Waals surface area contributed by atoms with Crippen LogP contribution in [0.4, 0.5) is 0 Å². The minimum atomic E-state index is -0.613. The van der Waals surface area contributed by atoms with Crippen LogP contribution in [0.5, 0.6) is 0 Å². The molecule has 0 fully saturated rings. The number of hydrogen-bond acceptors (Lipinski definition) is 5. The van der Waals surface area contributed by atoms with Crippen molar-refractivity contribution in [3.63, 3.8) is 0 Å². The molecule has 0 aliphatic rings. The van der Waals surface area contributed by atoms with Crippen molar-refractivity contribution in [2.75, 3.05) is 0 Å². The molecule has 152 valence electrons. The standard InChI is InChI=1S/C20H25BrClN3O3/c1-12(18(23)13-5-7-14(22)8-6-13)9-15-17(21)19(27)25(11-24-15)10-16(26)28-20(2,3)4/h5-8,11-12,18H,9-10,23H2,1-4H3/t12-,18-/m0/s1. The number of halogens is 2. The highest BCUT2D eigenvalue weighted by Gasteiger charge is 2.21. The second-order valence-corrected chi connectivity index (χ2v) is 9.01. The average Bonchev–Trinajstić information content (AvgIpc) is 2.60. The molecule has 0 aliphatic heterocycles. The van der Waals surface area contributed by atoms with Crippen molar-refractivity contribution in [3.8, 4) is 0 Å². The SMILES string of the molecule is C[C@@H](Cc1ncn(CC(=O)OC(C)(C)C)c(=O)c1Br)[C@H](N)c1ccc(Cl)cc1. The quantitative estimate of drug-likeness (QED) is 0.647. The number of nitrogens with two attached hydrogens (primary N) is 1. The zero-order valence-electron chi connectivity index (χ0n) is 16.4. The molecule has 2 aromatic rings. The van der Waals surface area contributed by atoms with E-state index in [-0.39, 0.29) is 24.1 Å². The molecule has 2 atom stereocenters. The Morgan fingerprint density at radius 3 is 2.50 bits per heavy atom. The van der Waals surface area contributed by atoms with Gasteiger partial charge in [0, 0.05) is 11.1 Å². The highest BCUT2D eigenvalue weighted by atomic mass is 79.9. The maximum Gasteiger partial charge on any atom is 0.326 e. The molecule has 0 aliphatic carbocycles. The molecule has 1 aromatic heterocycles. The number of ether oxygens (including phenoxy) is 1. The van der Waals surface area contributed by atoms with E-state index in [0.717, 1.165) is 5.56 Å². The highest BCUT2D eigenvalue weighted by Crippen LogP contribution is 2.25. The smallest absolute Gasteiger partial charge is 0.326 e. The summed E-state index contributed by atoms with van der Waals surface area (Å²) in [6.45, 7) is 7.13. The maximum absolute atomic E-state index is 12.6. The largest absolute Gasteiger partial charge is 0.459 e. The van der Waals surface area contributed by atoms with Crippen LogP contribution in [0.25, 0.3) is 0 Å². The van der Waals surface area contributed by atoms with Crippen molar-refractivity contribution in [2.24, 2.45) is 11.7 Å². The van der Waals surface area contributed by atoms with Crippen LogP contribution in [-0.4, -0.2) is 21.1 Å². The van der Waals surface area contributed by atoms with E-state index < -0.39 is 11.6 Å². The van der Waals surface area contributed by atoms with E-state index in [4.69, 9.17) is 22.1 Å². The fourth-order valence-electron chi connectivity index (χ4n) is 2.71. The summed E-state index contributed by atoms with van der Waals surface area (Å²) < 4.78 is 6.81. The Morgan fingerprint density at radius 2 is 1.93 bits per heavy atom. The molecule has 1 aromatic carbocycles. The lowest BCUT2D eigenvalue weighted by Gasteiger charge is -2.21. The molecular weight excluding hydrogens is 446 g/mol. The molecule has 0 amide bonds. The first-order valence-corrected chi connectivity index (χ1v) is 10.1. The van der Waals surface area contributed by atoms with E-state index >= 15 is 0 Å². The number of esters is 1. The Labute approximate surface area is 178 Å². The van der Waals surface area contributed by atoms with Gasteiger partial charge in [-0.15, -0.1) is 0 Å². The van der Waals surface area contributed by atoms with Crippen LogP contribution in [0, 0.1) is 5.92 Å². The van der Waals surface area contributed by atoms with Crippen molar-refractivity contribution >= 4 is 33.5 Å². The summed E-state index contributed by atoms with van der Waals surface area (Å²) in [5, 5.41) is 0.654. The van der Waals surface area contributed by atoms with E-state index in [9.17, 15) is 9.59 Å². The van der Waals surface area contributed by atoms with Crippen LogP contribution in [-0.2, 0) is 22.5 Å². The van der Waals surface area contributed by atoms with Crippen LogP contribution < -0.4 is 11.3 Å². The van der Waals surface area contributed by atoms with Crippen LogP contribution in [0.15, 0.2) is 39.9 Å². The van der Waals surface area contributed by atoms with Crippen LogP contribution in [0.3, 0.4) is 0 Å². The van der Waals surface area contributed by atoms with Crippen LogP contribution in [0.1, 0.15) is 45.0 Å². The second kappa shape index (κ2) is 9.20. The van der Waals surface area contributed by atoms with Gasteiger partial charge in [-0.3, -0.25) is 14.2 Å². The minimum absolute atomic E-state index is 0.0334. The third-order valence-electron chi connectivity index (χ3n) is 4.16. The Morgan fingerprint density at radius 1 is 1.32 bits per heavy atom. The number of carbonyl (C=O) groups excluding carboxylic acids is 1. The summed E-state index contributed by atoms with van der Waals surface area (Å²) in [7, 11) is 0. The van der Waals surface area contributed by atoms with Gasteiger partial charge >= 0.3 is 5.97 Å². The van der Waals surface area contributed by atoms with Gasteiger partial charge in [0.25, 0.3) is 5.56 Å². The van der Waals surface area contributed by atoms with Crippen molar-refractivity contribution in [3.05, 3.63) is 61.7 Å². The van der Waals surface area contributed by atoms with Gasteiger partial charge in [-0.1, -0.05) is 30.7 Å². The third-order valence-corrected chi connectivity index (χ3v) is 5.21. The van der Waals surface area contributed by atoms with Gasteiger partial charge in [0.05, 0.1) is 12.0 Å². The zero-order chi connectivity index (χ0) is 21.1. The number of carbonyl (C=O) groups is 1. The summed E-state index contributed by atoms with van der Waals surface area (Å²) in [6.07, 6.45) is 1.87. The Kier molecular flexibility index (Phi) is 7.42. The normalized spacial score (nSPS) is 13.8. The Hall–Kier alpha value is -1.70. The van der Waals surface area contributed by atoms with Crippen molar-refractivity contribution in [1.29, 1.82) is 0 Å². The molecule has 1 heterocycles. The van der Waals surface area contributed by atoms with E-state index in [1.54, 1.807) is 32.9 Å². The molecular formula is C20H25BrClN3O3. The topological polar surface area (TPSA) is 87.2 Å². The summed E-state index contributed by atoms with van der Waals surface area (Å²) in [6, 6.07) is 7.16. The molecule has 2 N–H and O–H groups in total. The number of aromatic nitrogens is 2. The van der Waals surface area contributed by atoms with Gasteiger partial charge in [0.15, 0.2) is 0 Å². The molecule has 0 unspecified atom stereocenters. The van der Waals surface area contributed by atoms with E-state index in [0.29, 0.717) is 21.6 Å². The molecule has 0 saturated heterocycles. The molecule has 8 heteroatoms. The highest BCUT2D eigenvalue weighted by molar-refractivity contribution is 9.10. The predicted molar refractivity (Wildman–Crippen MR) is 113 cm³/mol. The molecule has 0 bridgehead atoms. The monoisotopic (exact) mass is 469 g/mol. The van der Waals surface area contributed by atoms with Gasteiger partial charge in [0.1, 0.15) is 16.6 Å². The van der Waals surface area contributed by atoms with E-state index in [1.165, 1.54) is 10.9 Å². The van der Waals surface area contributed by atoms with Gasteiger partial charge in [0.2, 0.25) is 0 Å². The first kappa shape index (κ1) is 22.6. The van der Waals surface area contributed by atoms with Gasteiger partial charge in [-0.25, -0.2) is 4.98 Å². The van der Waals surface area contributed by atoms with E-state index in [2.05, 4.69) is 20.9 Å². The van der Waals surface area contributed by atoms with Gasteiger partial charge in [-0.2, -0.15) is 0 Å². The van der Waals surface area contributed by atoms with E-state index in [1.807, 2.05) is 19.1 Å². The lowest BCUT2D eigenvalue weighted by atomic mass is 9.91. The third kappa shape index (κ3) is 6.15. The van der Waals surface area contributed by atoms with Crippen molar-refractivity contribution < 1.29 is 9.53 Å². The zero-order valence-corrected chi connectivity index (χ0v) is 18.8. The van der Waals surface area contributed by atoms with Gasteiger partial charge < -0.3 is 10.5 Å². The summed E-state index contributed by atoms with van der Waals surface area (Å²) in [4.78, 5) is 28.9. The lowest BCUT2D eigenvalue weighted by molar-refractivity contribution is -0.155. The first-order valence-electron chi connectivity index (χ1n) is 8.94. The second-order valence-electron chi connectivity index (χ2n) is 7.78. The Bertz CT molecular complexity index is 891. The lowest BCUT2D eigenvalue weighted by Crippen LogP contribution is -2.31. The predicted octanol–water partition coefficient (Wildman–Crippen LogP) is 3.88. The fourth-order valence-corrected chi connectivity index (χ4v) is 3.33. The first-order chi connectivity index (χ1) is 13.0. The average molecular weight is 471 g/mol. The summed E-state index contributed by atoms with van der Waals surface area (Å²) in [5.41, 5.74) is 6.97. The summed E-state index contributed by atoms with van der Waals surface area (Å²) in [5.74, 6) is -0.458. The van der Waals surface area contributed by atoms with Crippen LogP contribution in [0.2, 0.25) is 5.02 Å². The number of rotatable bonds is 6. The molecule has 0 radical (unpaired) electrons. The van der Waals surface area contributed by atoms with Gasteiger partial charge in [-0.05, 0) is 66.7 Å². The molecule has 28 heavy (non-hydrogen) atoms. The number of nitrogens with zero attached hydrogens (tertiary/aromatic N) is 2. The Balaban J connectivity index is 2.12. The van der Waals surface area contributed by atoms with Crippen molar-refractivity contribution in [2.45, 2.75) is 52.3 Å². The number of benzene rings is 1.